The van der Waals surface area contributed by atoms with Gasteiger partial charge in [-0.25, -0.2) is 4.79 Å². The van der Waals surface area contributed by atoms with Crippen molar-refractivity contribution in [3.63, 3.8) is 0 Å². The van der Waals surface area contributed by atoms with E-state index < -0.39 is 5.97 Å². The molecule has 1 aliphatic rings. The highest BCUT2D eigenvalue weighted by Gasteiger charge is 2.24. The maximum absolute atomic E-state index is 10.7. The van der Waals surface area contributed by atoms with Crippen LogP contribution >= 0.6 is 15.9 Å². The fourth-order valence-electron chi connectivity index (χ4n) is 2.30. The molecule has 108 valence electrons. The van der Waals surface area contributed by atoms with E-state index in [1.807, 2.05) is 12.1 Å². The lowest BCUT2D eigenvalue weighted by atomic mass is 10.1. The van der Waals surface area contributed by atoms with Gasteiger partial charge in [0.15, 0.2) is 0 Å². The second-order valence-electron chi connectivity index (χ2n) is 5.26. The van der Waals surface area contributed by atoms with Crippen molar-refractivity contribution in [3.05, 3.63) is 34.3 Å². The van der Waals surface area contributed by atoms with Gasteiger partial charge >= 0.3 is 5.97 Å². The molecule has 3 nitrogen and oxygen atoms in total. The van der Waals surface area contributed by atoms with Crippen molar-refractivity contribution in [1.29, 1.82) is 0 Å². The Bertz CT molecular complexity index is 509. The van der Waals surface area contributed by atoms with Gasteiger partial charge in [-0.15, -0.1) is 0 Å². The molecule has 1 N–H and O–H groups in total. The van der Waals surface area contributed by atoms with Crippen LogP contribution in [-0.2, 0) is 4.79 Å². The summed E-state index contributed by atoms with van der Waals surface area (Å²) in [7, 11) is 0. The van der Waals surface area contributed by atoms with Gasteiger partial charge < -0.3 is 10.0 Å². The highest BCUT2D eigenvalue weighted by atomic mass is 79.9. The molecule has 0 amide bonds. The van der Waals surface area contributed by atoms with Gasteiger partial charge in [0.1, 0.15) is 0 Å². The van der Waals surface area contributed by atoms with Gasteiger partial charge in [0, 0.05) is 29.3 Å². The molecule has 4 heteroatoms. The van der Waals surface area contributed by atoms with E-state index in [4.69, 9.17) is 5.11 Å². The molecule has 0 aliphatic heterocycles. The second kappa shape index (κ2) is 6.93. The van der Waals surface area contributed by atoms with Crippen LogP contribution in [-0.4, -0.2) is 24.2 Å². The van der Waals surface area contributed by atoms with E-state index in [9.17, 15) is 4.79 Å². The van der Waals surface area contributed by atoms with Crippen LogP contribution < -0.4 is 4.90 Å². The SMILES string of the molecule is CCCN(CC1CC1)c1ccc(Br)cc1/C=C/C(=O)O. The third-order valence-electron chi connectivity index (χ3n) is 3.40. The summed E-state index contributed by atoms with van der Waals surface area (Å²) in [6.07, 6.45) is 6.60. The van der Waals surface area contributed by atoms with Crippen molar-refractivity contribution in [1.82, 2.24) is 0 Å². The predicted molar refractivity (Wildman–Crippen MR) is 86.0 cm³/mol. The molecule has 1 aromatic rings. The Morgan fingerprint density at radius 3 is 2.85 bits per heavy atom. The van der Waals surface area contributed by atoms with Gasteiger partial charge in [0.2, 0.25) is 0 Å². The fourth-order valence-corrected chi connectivity index (χ4v) is 2.68. The quantitative estimate of drug-likeness (QED) is 0.759. The smallest absolute Gasteiger partial charge is 0.328 e. The van der Waals surface area contributed by atoms with Gasteiger partial charge in [-0.05, 0) is 55.0 Å². The molecule has 0 atom stereocenters. The summed E-state index contributed by atoms with van der Waals surface area (Å²) in [5.41, 5.74) is 2.08. The number of halogens is 1. The van der Waals surface area contributed by atoms with Crippen molar-refractivity contribution in [3.8, 4) is 0 Å². The molecule has 20 heavy (non-hydrogen) atoms. The van der Waals surface area contributed by atoms with Gasteiger partial charge in [0.25, 0.3) is 0 Å². The van der Waals surface area contributed by atoms with Crippen molar-refractivity contribution < 1.29 is 9.90 Å². The molecule has 0 unspecified atom stereocenters. The Hall–Kier alpha value is -1.29. The zero-order chi connectivity index (χ0) is 14.5. The summed E-state index contributed by atoms with van der Waals surface area (Å²) in [5, 5.41) is 8.82. The number of anilines is 1. The molecule has 0 radical (unpaired) electrons. The predicted octanol–water partition coefficient (Wildman–Crippen LogP) is 4.17. The van der Waals surface area contributed by atoms with Gasteiger partial charge in [-0.1, -0.05) is 22.9 Å². The molecule has 1 aromatic carbocycles. The van der Waals surface area contributed by atoms with Crippen LogP contribution in [0.2, 0.25) is 0 Å². The summed E-state index contributed by atoms with van der Waals surface area (Å²) in [5.74, 6) is -0.110. The van der Waals surface area contributed by atoms with Crippen molar-refractivity contribution in [2.75, 3.05) is 18.0 Å². The summed E-state index contributed by atoms with van der Waals surface area (Å²) in [6.45, 7) is 4.25. The summed E-state index contributed by atoms with van der Waals surface area (Å²) in [4.78, 5) is 13.1. The number of hydrogen-bond donors (Lipinski definition) is 1. The third-order valence-corrected chi connectivity index (χ3v) is 3.90. The topological polar surface area (TPSA) is 40.5 Å². The van der Waals surface area contributed by atoms with Crippen molar-refractivity contribution >= 4 is 33.7 Å². The Morgan fingerprint density at radius 1 is 1.50 bits per heavy atom. The van der Waals surface area contributed by atoms with E-state index in [1.54, 1.807) is 6.08 Å². The molecule has 0 heterocycles. The summed E-state index contributed by atoms with van der Waals surface area (Å²) in [6, 6.07) is 6.07. The molecular formula is C16H20BrNO2. The third kappa shape index (κ3) is 4.37. The minimum Gasteiger partial charge on any atom is -0.478 e. The van der Waals surface area contributed by atoms with Crippen molar-refractivity contribution in [2.24, 2.45) is 5.92 Å². The first-order chi connectivity index (χ1) is 9.60. The fraction of sp³-hybridized carbons (Fsp3) is 0.438. The zero-order valence-corrected chi connectivity index (χ0v) is 13.3. The molecule has 1 aliphatic carbocycles. The second-order valence-corrected chi connectivity index (χ2v) is 6.18. The molecular weight excluding hydrogens is 318 g/mol. The average Bonchev–Trinajstić information content (AvgIpc) is 3.20. The standard InChI is InChI=1S/C16H20BrNO2/c1-2-9-18(11-12-3-4-12)15-7-6-14(17)10-13(15)5-8-16(19)20/h5-8,10,12H,2-4,9,11H2,1H3,(H,19,20)/b8-5+. The number of rotatable bonds is 7. The van der Waals surface area contributed by atoms with Crippen molar-refractivity contribution in [2.45, 2.75) is 26.2 Å². The van der Waals surface area contributed by atoms with Crippen LogP contribution in [0.1, 0.15) is 31.7 Å². The molecule has 0 spiro atoms. The lowest BCUT2D eigenvalue weighted by Crippen LogP contribution is -2.27. The Kier molecular flexibility index (Phi) is 5.24. The van der Waals surface area contributed by atoms with Crippen LogP contribution in [0.3, 0.4) is 0 Å². The molecule has 1 fully saturated rings. The average molecular weight is 338 g/mol. The molecule has 0 saturated heterocycles. The minimum absolute atomic E-state index is 0.807. The largest absolute Gasteiger partial charge is 0.478 e. The summed E-state index contributed by atoms with van der Waals surface area (Å²) >= 11 is 3.45. The number of aliphatic carboxylic acids is 1. The molecule has 0 aromatic heterocycles. The number of carboxylic acid groups (broad SMARTS) is 1. The maximum atomic E-state index is 10.7. The lowest BCUT2D eigenvalue weighted by Gasteiger charge is -2.26. The van der Waals surface area contributed by atoms with Crippen LogP contribution in [0.5, 0.6) is 0 Å². The van der Waals surface area contributed by atoms with Gasteiger partial charge in [-0.2, -0.15) is 0 Å². The molecule has 2 rings (SSSR count). The Morgan fingerprint density at radius 2 is 2.25 bits per heavy atom. The summed E-state index contributed by atoms with van der Waals surface area (Å²) < 4.78 is 0.967. The molecule has 0 bridgehead atoms. The van der Waals surface area contributed by atoms with E-state index in [-0.39, 0.29) is 0 Å². The van der Waals surface area contributed by atoms with Gasteiger partial charge in [-0.3, -0.25) is 0 Å². The first-order valence-electron chi connectivity index (χ1n) is 7.05. The maximum Gasteiger partial charge on any atom is 0.328 e. The first-order valence-corrected chi connectivity index (χ1v) is 7.85. The Balaban J connectivity index is 2.28. The highest BCUT2D eigenvalue weighted by molar-refractivity contribution is 9.10. The lowest BCUT2D eigenvalue weighted by molar-refractivity contribution is -0.131. The number of hydrogen-bond acceptors (Lipinski definition) is 2. The van der Waals surface area contributed by atoms with Crippen LogP contribution in [0.4, 0.5) is 5.69 Å². The number of benzene rings is 1. The first kappa shape index (κ1) is 15.1. The highest BCUT2D eigenvalue weighted by Crippen LogP contribution is 2.33. The van der Waals surface area contributed by atoms with E-state index in [0.717, 1.165) is 41.2 Å². The van der Waals surface area contributed by atoms with E-state index in [0.29, 0.717) is 0 Å². The van der Waals surface area contributed by atoms with E-state index in [1.165, 1.54) is 18.9 Å². The van der Waals surface area contributed by atoms with Gasteiger partial charge in [0.05, 0.1) is 0 Å². The molecule has 1 saturated carbocycles. The van der Waals surface area contributed by atoms with Crippen LogP contribution in [0.15, 0.2) is 28.7 Å². The number of carboxylic acids is 1. The minimum atomic E-state index is -0.917. The normalized spacial score (nSPS) is 14.7. The van der Waals surface area contributed by atoms with Crippen LogP contribution in [0, 0.1) is 5.92 Å². The van der Waals surface area contributed by atoms with E-state index >= 15 is 0 Å². The zero-order valence-electron chi connectivity index (χ0n) is 11.7. The van der Waals surface area contributed by atoms with E-state index in [2.05, 4.69) is 33.8 Å². The van der Waals surface area contributed by atoms with Crippen LogP contribution in [0.25, 0.3) is 6.08 Å². The Labute approximate surface area is 128 Å². The monoisotopic (exact) mass is 337 g/mol. The number of carbonyl (C=O) groups is 1. The number of nitrogens with zero attached hydrogens (tertiary/aromatic N) is 1.